The topological polar surface area (TPSA) is 114 Å². The predicted molar refractivity (Wildman–Crippen MR) is 145 cm³/mol. The quantitative estimate of drug-likeness (QED) is 0.259. The largest absolute Gasteiger partial charge is 0.478 e. The van der Waals surface area contributed by atoms with Crippen molar-refractivity contribution >= 4 is 17.8 Å². The van der Waals surface area contributed by atoms with Gasteiger partial charge in [-0.1, -0.05) is 78.4 Å². The maximum atomic E-state index is 12.9. The van der Waals surface area contributed by atoms with Gasteiger partial charge in [0.05, 0.1) is 18.8 Å². The molecule has 0 amide bonds. The molecule has 0 saturated heterocycles. The zero-order valence-corrected chi connectivity index (χ0v) is 21.4. The highest BCUT2D eigenvalue weighted by molar-refractivity contribution is 6.06. The number of nitrogens with zero attached hydrogens (tertiary/aromatic N) is 3. The Morgan fingerprint density at radius 1 is 1.08 bits per heavy atom. The summed E-state index contributed by atoms with van der Waals surface area (Å²) in [6.07, 6.45) is 5.79. The fourth-order valence-electron chi connectivity index (χ4n) is 3.90. The lowest BCUT2D eigenvalue weighted by Crippen LogP contribution is -2.32. The van der Waals surface area contributed by atoms with E-state index in [1.807, 2.05) is 37.3 Å². The maximum Gasteiger partial charge on any atom is 0.347 e. The van der Waals surface area contributed by atoms with E-state index in [-0.39, 0.29) is 19.0 Å². The molecule has 3 aromatic carbocycles. The standard InChI is InChI=1S/C31H27N3O5/c1-22-12-14-24(15-13-22)29(35)30-33-16-18-34(30)17-6-9-23-7-5-8-25(27(23)19-32)20-38-21-28(31(36)37)39-26-10-3-2-4-11-26/h2-16,18,28H,17,20-21H2,1H3,(H,36,37)/b9-6+. The van der Waals surface area contributed by atoms with Crippen LogP contribution >= 0.6 is 0 Å². The first-order valence-electron chi connectivity index (χ1n) is 12.3. The van der Waals surface area contributed by atoms with Gasteiger partial charge in [0.1, 0.15) is 11.8 Å². The first-order chi connectivity index (χ1) is 19.0. The third-order valence-electron chi connectivity index (χ3n) is 5.95. The minimum atomic E-state index is -1.19. The number of carboxylic acids is 1. The van der Waals surface area contributed by atoms with Crippen LogP contribution in [0.1, 0.15) is 38.4 Å². The van der Waals surface area contributed by atoms with E-state index in [0.717, 1.165) is 5.56 Å². The van der Waals surface area contributed by atoms with E-state index in [1.165, 1.54) is 0 Å². The molecular weight excluding hydrogens is 494 g/mol. The average Bonchev–Trinajstić information content (AvgIpc) is 3.41. The predicted octanol–water partition coefficient (Wildman–Crippen LogP) is 5.06. The number of imidazole rings is 1. The van der Waals surface area contributed by atoms with Crippen LogP contribution in [0.5, 0.6) is 5.75 Å². The lowest BCUT2D eigenvalue weighted by atomic mass is 10.0. The van der Waals surface area contributed by atoms with Gasteiger partial charge in [-0.25, -0.2) is 9.78 Å². The summed E-state index contributed by atoms with van der Waals surface area (Å²) in [6, 6.07) is 23.6. The van der Waals surface area contributed by atoms with E-state index in [1.54, 1.807) is 71.6 Å². The van der Waals surface area contributed by atoms with Crippen LogP contribution in [0.4, 0.5) is 0 Å². The van der Waals surface area contributed by atoms with Gasteiger partial charge in [0.2, 0.25) is 11.9 Å². The smallest absolute Gasteiger partial charge is 0.347 e. The minimum absolute atomic E-state index is 0.0449. The summed E-state index contributed by atoms with van der Waals surface area (Å²) in [6.45, 7) is 2.20. The summed E-state index contributed by atoms with van der Waals surface area (Å²) >= 11 is 0. The number of carboxylic acid groups (broad SMARTS) is 1. The number of allylic oxidation sites excluding steroid dienone is 1. The average molecular weight is 522 g/mol. The molecule has 1 heterocycles. The molecule has 0 fully saturated rings. The molecule has 0 saturated carbocycles. The van der Waals surface area contributed by atoms with Crippen molar-refractivity contribution in [1.82, 2.24) is 9.55 Å². The molecule has 1 aromatic heterocycles. The fraction of sp³-hybridized carbons (Fsp3) is 0.161. The number of ether oxygens (including phenoxy) is 2. The molecule has 8 heteroatoms. The normalized spacial score (nSPS) is 11.7. The Morgan fingerprint density at radius 3 is 2.56 bits per heavy atom. The third kappa shape index (κ3) is 7.06. The molecule has 0 aliphatic heterocycles. The Kier molecular flexibility index (Phi) is 9.01. The molecule has 196 valence electrons. The van der Waals surface area contributed by atoms with Crippen LogP contribution in [0.3, 0.4) is 0 Å². The molecule has 1 unspecified atom stereocenters. The van der Waals surface area contributed by atoms with Crippen LogP contribution in [-0.2, 0) is 22.7 Å². The second kappa shape index (κ2) is 13.0. The van der Waals surface area contributed by atoms with E-state index < -0.39 is 12.1 Å². The number of aryl methyl sites for hydroxylation is 1. The number of benzene rings is 3. The van der Waals surface area contributed by atoms with E-state index in [0.29, 0.717) is 40.4 Å². The van der Waals surface area contributed by atoms with Crippen LogP contribution in [0.2, 0.25) is 0 Å². The fourth-order valence-corrected chi connectivity index (χ4v) is 3.90. The molecule has 8 nitrogen and oxygen atoms in total. The minimum Gasteiger partial charge on any atom is -0.478 e. The second-order valence-corrected chi connectivity index (χ2v) is 8.77. The Labute approximate surface area is 226 Å². The van der Waals surface area contributed by atoms with Crippen molar-refractivity contribution in [2.45, 2.75) is 26.2 Å². The number of para-hydroxylation sites is 1. The zero-order valence-electron chi connectivity index (χ0n) is 21.4. The van der Waals surface area contributed by atoms with Gasteiger partial charge in [0.25, 0.3) is 0 Å². The molecular formula is C31H27N3O5. The van der Waals surface area contributed by atoms with E-state index in [9.17, 15) is 20.0 Å². The Bertz CT molecular complexity index is 1500. The van der Waals surface area contributed by atoms with Crippen molar-refractivity contribution in [2.24, 2.45) is 0 Å². The summed E-state index contributed by atoms with van der Waals surface area (Å²) in [4.78, 5) is 28.7. The highest BCUT2D eigenvalue weighted by Gasteiger charge is 2.20. The molecule has 1 atom stereocenters. The Morgan fingerprint density at radius 2 is 1.85 bits per heavy atom. The van der Waals surface area contributed by atoms with Crippen molar-refractivity contribution in [3.8, 4) is 11.8 Å². The summed E-state index contributed by atoms with van der Waals surface area (Å²) in [7, 11) is 0. The highest BCUT2D eigenvalue weighted by Crippen LogP contribution is 2.18. The van der Waals surface area contributed by atoms with Crippen LogP contribution in [0, 0.1) is 18.3 Å². The number of ketones is 1. The third-order valence-corrected chi connectivity index (χ3v) is 5.95. The SMILES string of the molecule is Cc1ccc(C(=O)c2nccn2C/C=C/c2cccc(COCC(Oc3ccccc3)C(=O)O)c2C#N)cc1. The molecule has 0 bridgehead atoms. The van der Waals surface area contributed by atoms with Crippen molar-refractivity contribution < 1.29 is 24.2 Å². The number of hydrogen-bond donors (Lipinski definition) is 1. The summed E-state index contributed by atoms with van der Waals surface area (Å²) in [5.74, 6) is -0.547. The molecule has 4 rings (SSSR count). The van der Waals surface area contributed by atoms with E-state index in [2.05, 4.69) is 11.1 Å². The Balaban J connectivity index is 1.40. The highest BCUT2D eigenvalue weighted by atomic mass is 16.5. The monoisotopic (exact) mass is 521 g/mol. The van der Waals surface area contributed by atoms with Crippen LogP contribution < -0.4 is 4.74 Å². The lowest BCUT2D eigenvalue weighted by Gasteiger charge is -2.16. The number of aliphatic carboxylic acids is 1. The van der Waals surface area contributed by atoms with Crippen molar-refractivity contribution in [1.29, 1.82) is 5.26 Å². The first kappa shape index (κ1) is 27.0. The second-order valence-electron chi connectivity index (χ2n) is 8.77. The van der Waals surface area contributed by atoms with Crippen LogP contribution in [-0.4, -0.2) is 39.1 Å². The molecule has 4 aromatic rings. The number of carbonyl (C=O) groups is 2. The number of rotatable bonds is 12. The van der Waals surface area contributed by atoms with Crippen LogP contribution in [0.15, 0.2) is 91.3 Å². The number of hydrogen-bond acceptors (Lipinski definition) is 6. The van der Waals surface area contributed by atoms with Gasteiger partial charge in [0, 0.05) is 24.5 Å². The molecule has 1 N–H and O–H groups in total. The molecule has 0 aliphatic rings. The molecule has 0 aliphatic carbocycles. The zero-order chi connectivity index (χ0) is 27.6. The van der Waals surface area contributed by atoms with Gasteiger partial charge in [-0.05, 0) is 30.2 Å². The summed E-state index contributed by atoms with van der Waals surface area (Å²) in [5, 5.41) is 19.3. The van der Waals surface area contributed by atoms with Crippen molar-refractivity contribution in [3.63, 3.8) is 0 Å². The summed E-state index contributed by atoms with van der Waals surface area (Å²) in [5.41, 5.74) is 3.37. The van der Waals surface area contributed by atoms with E-state index in [4.69, 9.17) is 9.47 Å². The number of carbonyl (C=O) groups excluding carboxylic acids is 1. The molecule has 0 radical (unpaired) electrons. The van der Waals surface area contributed by atoms with Gasteiger partial charge >= 0.3 is 5.97 Å². The van der Waals surface area contributed by atoms with Gasteiger partial charge in [0.15, 0.2) is 5.82 Å². The first-order valence-corrected chi connectivity index (χ1v) is 12.3. The van der Waals surface area contributed by atoms with Gasteiger partial charge in [-0.2, -0.15) is 5.26 Å². The Hall–Kier alpha value is -5.00. The maximum absolute atomic E-state index is 12.9. The van der Waals surface area contributed by atoms with Gasteiger partial charge < -0.3 is 19.1 Å². The lowest BCUT2D eigenvalue weighted by molar-refractivity contribution is -0.148. The van der Waals surface area contributed by atoms with Gasteiger partial charge in [-0.3, -0.25) is 4.79 Å². The summed E-state index contributed by atoms with van der Waals surface area (Å²) < 4.78 is 12.9. The molecule has 39 heavy (non-hydrogen) atoms. The van der Waals surface area contributed by atoms with Crippen molar-refractivity contribution in [2.75, 3.05) is 6.61 Å². The van der Waals surface area contributed by atoms with Crippen LogP contribution in [0.25, 0.3) is 6.08 Å². The van der Waals surface area contributed by atoms with Crippen molar-refractivity contribution in [3.05, 3.63) is 125 Å². The number of aromatic nitrogens is 2. The van der Waals surface area contributed by atoms with Gasteiger partial charge in [-0.15, -0.1) is 0 Å². The van der Waals surface area contributed by atoms with E-state index >= 15 is 0 Å². The number of nitriles is 1. The molecule has 0 spiro atoms.